The highest BCUT2D eigenvalue weighted by molar-refractivity contribution is 7.92. The fourth-order valence-corrected chi connectivity index (χ4v) is 7.12. The van der Waals surface area contributed by atoms with Gasteiger partial charge in [-0.05, 0) is 72.9 Å². The largest absolute Gasteiger partial charge is 0.354 e. The molecule has 0 aliphatic rings. The standard InChI is InChI=1S/C36H38Cl3N3O4S/c1-24(2)21-40-36(44)34(18-27-8-6-5-7-9-27)41(22-28-13-15-29(37)19-32(28)39)35(43)23-42(33-20-30(38)14-12-26(33)4)47(45,46)31-16-10-25(3)11-17-31/h5-17,19-20,24,34H,18,21-23H2,1-4H3,(H,40,44)/t34-/m0/s1. The number of carbonyl (C=O) groups excluding carboxylic acids is 2. The van der Waals surface area contributed by atoms with Crippen molar-refractivity contribution in [1.82, 2.24) is 10.2 Å². The number of anilines is 1. The maximum atomic E-state index is 14.6. The fourth-order valence-electron chi connectivity index (χ4n) is 5.01. The van der Waals surface area contributed by atoms with E-state index in [9.17, 15) is 18.0 Å². The average Bonchev–Trinajstić information content (AvgIpc) is 3.03. The lowest BCUT2D eigenvalue weighted by molar-refractivity contribution is -0.140. The van der Waals surface area contributed by atoms with E-state index in [0.717, 1.165) is 15.4 Å². The molecule has 248 valence electrons. The Bertz CT molecular complexity index is 1820. The summed E-state index contributed by atoms with van der Waals surface area (Å²) >= 11 is 19.1. The van der Waals surface area contributed by atoms with Crippen molar-refractivity contribution in [3.05, 3.63) is 128 Å². The normalized spacial score (nSPS) is 12.1. The maximum Gasteiger partial charge on any atom is 0.264 e. The van der Waals surface area contributed by atoms with Crippen LogP contribution in [0.1, 0.15) is 36.1 Å². The molecule has 0 unspecified atom stereocenters. The van der Waals surface area contributed by atoms with E-state index >= 15 is 0 Å². The van der Waals surface area contributed by atoms with Crippen LogP contribution in [0.5, 0.6) is 0 Å². The average molecular weight is 715 g/mol. The minimum absolute atomic E-state index is 0.0121. The molecule has 0 saturated carbocycles. The summed E-state index contributed by atoms with van der Waals surface area (Å²) in [4.78, 5) is 30.0. The summed E-state index contributed by atoms with van der Waals surface area (Å²) in [6, 6.07) is 24.5. The van der Waals surface area contributed by atoms with E-state index in [2.05, 4.69) is 5.32 Å². The SMILES string of the molecule is Cc1ccc(S(=O)(=O)N(CC(=O)N(Cc2ccc(Cl)cc2Cl)[C@@H](Cc2ccccc2)C(=O)NCC(C)C)c2cc(Cl)ccc2C)cc1. The predicted octanol–water partition coefficient (Wildman–Crippen LogP) is 7.87. The van der Waals surface area contributed by atoms with Crippen LogP contribution in [-0.4, -0.2) is 44.3 Å². The third-order valence-corrected chi connectivity index (χ3v) is 10.2. The molecule has 4 rings (SSSR count). The van der Waals surface area contributed by atoms with Crippen molar-refractivity contribution >= 4 is 62.3 Å². The quantitative estimate of drug-likeness (QED) is 0.153. The molecule has 0 bridgehead atoms. The lowest BCUT2D eigenvalue weighted by Gasteiger charge is -2.34. The van der Waals surface area contributed by atoms with Crippen molar-refractivity contribution in [1.29, 1.82) is 0 Å². The topological polar surface area (TPSA) is 86.8 Å². The Morgan fingerprint density at radius 1 is 0.830 bits per heavy atom. The predicted molar refractivity (Wildman–Crippen MR) is 191 cm³/mol. The molecule has 1 atom stereocenters. The number of nitrogens with zero attached hydrogens (tertiary/aromatic N) is 2. The van der Waals surface area contributed by atoms with Crippen molar-refractivity contribution < 1.29 is 18.0 Å². The monoisotopic (exact) mass is 713 g/mol. The van der Waals surface area contributed by atoms with Crippen LogP contribution in [0.2, 0.25) is 15.1 Å². The molecule has 0 aliphatic heterocycles. The molecule has 0 aromatic heterocycles. The Hall–Kier alpha value is -3.56. The van der Waals surface area contributed by atoms with E-state index in [1.54, 1.807) is 49.4 Å². The van der Waals surface area contributed by atoms with E-state index in [-0.39, 0.29) is 35.4 Å². The number of benzene rings is 4. The van der Waals surface area contributed by atoms with E-state index in [4.69, 9.17) is 34.8 Å². The van der Waals surface area contributed by atoms with Crippen molar-refractivity contribution in [2.24, 2.45) is 5.92 Å². The van der Waals surface area contributed by atoms with Gasteiger partial charge >= 0.3 is 0 Å². The highest BCUT2D eigenvalue weighted by Gasteiger charge is 2.35. The number of nitrogens with one attached hydrogen (secondary N) is 1. The molecule has 7 nitrogen and oxygen atoms in total. The van der Waals surface area contributed by atoms with Gasteiger partial charge in [-0.1, -0.05) is 109 Å². The molecule has 2 amide bonds. The molecule has 0 fully saturated rings. The Labute approximate surface area is 292 Å². The molecule has 0 spiro atoms. The Morgan fingerprint density at radius 3 is 2.11 bits per heavy atom. The van der Waals surface area contributed by atoms with E-state index in [1.165, 1.54) is 23.1 Å². The summed E-state index contributed by atoms with van der Waals surface area (Å²) in [6.07, 6.45) is 0.183. The molecule has 0 saturated heterocycles. The number of rotatable bonds is 13. The van der Waals surface area contributed by atoms with Gasteiger partial charge in [0, 0.05) is 34.6 Å². The zero-order valence-electron chi connectivity index (χ0n) is 26.7. The minimum Gasteiger partial charge on any atom is -0.354 e. The first-order valence-electron chi connectivity index (χ1n) is 15.2. The van der Waals surface area contributed by atoms with Gasteiger partial charge in [-0.2, -0.15) is 0 Å². The zero-order chi connectivity index (χ0) is 34.3. The third-order valence-electron chi connectivity index (χ3n) is 7.64. The highest BCUT2D eigenvalue weighted by Crippen LogP contribution is 2.31. The van der Waals surface area contributed by atoms with Crippen LogP contribution in [0.25, 0.3) is 0 Å². The van der Waals surface area contributed by atoms with Crippen molar-refractivity contribution in [3.8, 4) is 0 Å². The second-order valence-electron chi connectivity index (χ2n) is 11.9. The van der Waals surface area contributed by atoms with Gasteiger partial charge in [-0.15, -0.1) is 0 Å². The lowest BCUT2D eigenvalue weighted by Crippen LogP contribution is -2.53. The van der Waals surface area contributed by atoms with Crippen molar-refractivity contribution in [2.75, 3.05) is 17.4 Å². The molecule has 4 aromatic rings. The Morgan fingerprint density at radius 2 is 1.47 bits per heavy atom. The molecule has 0 heterocycles. The Kier molecular flexibility index (Phi) is 12.4. The molecule has 0 radical (unpaired) electrons. The number of hydrogen-bond donors (Lipinski definition) is 1. The molecule has 1 N–H and O–H groups in total. The summed E-state index contributed by atoms with van der Waals surface area (Å²) in [6.45, 7) is 7.27. The smallest absolute Gasteiger partial charge is 0.264 e. The number of amides is 2. The number of aryl methyl sites for hydroxylation is 2. The molecular formula is C36H38Cl3N3O4S. The molecule has 4 aromatic carbocycles. The highest BCUT2D eigenvalue weighted by atomic mass is 35.5. The van der Waals surface area contributed by atoms with Crippen LogP contribution < -0.4 is 9.62 Å². The van der Waals surface area contributed by atoms with Crippen LogP contribution in [0.3, 0.4) is 0 Å². The summed E-state index contributed by atoms with van der Waals surface area (Å²) in [5.74, 6) is -0.813. The zero-order valence-corrected chi connectivity index (χ0v) is 29.8. The Balaban J connectivity index is 1.85. The fraction of sp³-hybridized carbons (Fsp3) is 0.278. The van der Waals surface area contributed by atoms with Crippen LogP contribution in [-0.2, 0) is 32.6 Å². The first-order chi connectivity index (χ1) is 22.3. The number of halogens is 3. The van der Waals surface area contributed by atoms with Gasteiger partial charge in [0.15, 0.2) is 0 Å². The first kappa shape index (κ1) is 36.3. The van der Waals surface area contributed by atoms with Crippen LogP contribution in [0.4, 0.5) is 5.69 Å². The van der Waals surface area contributed by atoms with Gasteiger partial charge in [0.1, 0.15) is 12.6 Å². The van der Waals surface area contributed by atoms with Gasteiger partial charge in [-0.3, -0.25) is 13.9 Å². The molecular weight excluding hydrogens is 677 g/mol. The maximum absolute atomic E-state index is 14.6. The molecule has 11 heteroatoms. The van der Waals surface area contributed by atoms with Gasteiger partial charge in [0.05, 0.1) is 10.6 Å². The van der Waals surface area contributed by atoms with Gasteiger partial charge in [0.25, 0.3) is 10.0 Å². The van der Waals surface area contributed by atoms with Gasteiger partial charge in [0.2, 0.25) is 11.8 Å². The van der Waals surface area contributed by atoms with Gasteiger partial charge in [-0.25, -0.2) is 8.42 Å². The summed E-state index contributed by atoms with van der Waals surface area (Å²) in [7, 11) is -4.27. The minimum atomic E-state index is -4.27. The van der Waals surface area contributed by atoms with Crippen LogP contribution >= 0.6 is 34.8 Å². The van der Waals surface area contributed by atoms with Gasteiger partial charge < -0.3 is 10.2 Å². The van der Waals surface area contributed by atoms with E-state index in [0.29, 0.717) is 32.7 Å². The summed E-state index contributed by atoms with van der Waals surface area (Å²) < 4.78 is 29.6. The van der Waals surface area contributed by atoms with E-state index in [1.807, 2.05) is 51.1 Å². The van der Waals surface area contributed by atoms with Crippen molar-refractivity contribution in [2.45, 2.75) is 51.6 Å². The molecule has 47 heavy (non-hydrogen) atoms. The lowest BCUT2D eigenvalue weighted by atomic mass is 10.0. The second kappa shape index (κ2) is 16.0. The van der Waals surface area contributed by atoms with Crippen molar-refractivity contribution in [3.63, 3.8) is 0 Å². The third kappa shape index (κ3) is 9.51. The summed E-state index contributed by atoms with van der Waals surface area (Å²) in [5.41, 5.74) is 3.10. The number of sulfonamides is 1. The number of carbonyl (C=O) groups is 2. The van der Waals surface area contributed by atoms with E-state index < -0.39 is 28.5 Å². The summed E-state index contributed by atoms with van der Waals surface area (Å²) in [5, 5.41) is 4.01. The van der Waals surface area contributed by atoms with Crippen LogP contribution in [0, 0.1) is 19.8 Å². The van der Waals surface area contributed by atoms with Crippen LogP contribution in [0.15, 0.2) is 95.9 Å². The number of hydrogen-bond acceptors (Lipinski definition) is 4. The second-order valence-corrected chi connectivity index (χ2v) is 15.0. The molecule has 0 aliphatic carbocycles. The first-order valence-corrected chi connectivity index (χ1v) is 17.7.